The molecule has 1 aromatic carbocycles. The summed E-state index contributed by atoms with van der Waals surface area (Å²) in [5.74, 6) is 4.11. The van der Waals surface area contributed by atoms with Crippen LogP contribution in [0.3, 0.4) is 0 Å². The second-order valence-electron chi connectivity index (χ2n) is 4.76. The second kappa shape index (κ2) is 7.75. The van der Waals surface area contributed by atoms with Crippen LogP contribution in [0.2, 0.25) is 0 Å². The summed E-state index contributed by atoms with van der Waals surface area (Å²) < 4.78 is 5.11. The Balaban J connectivity index is 2.15. The highest BCUT2D eigenvalue weighted by molar-refractivity contribution is 6.05. The van der Waals surface area contributed by atoms with Crippen molar-refractivity contribution in [3.8, 4) is 0 Å². The first-order valence-corrected chi connectivity index (χ1v) is 6.94. The summed E-state index contributed by atoms with van der Waals surface area (Å²) in [4.78, 5) is 35.0. The third-order valence-corrected chi connectivity index (χ3v) is 2.92. The van der Waals surface area contributed by atoms with Crippen molar-refractivity contribution in [1.29, 1.82) is 0 Å². The number of furan rings is 1. The highest BCUT2D eigenvalue weighted by atomic mass is 16.3. The first-order valence-electron chi connectivity index (χ1n) is 6.94. The highest BCUT2D eigenvalue weighted by Crippen LogP contribution is 2.11. The zero-order valence-corrected chi connectivity index (χ0v) is 12.8. The number of nitrogens with two attached hydrogens (primary N) is 1. The summed E-state index contributed by atoms with van der Waals surface area (Å²) in [7, 11) is 0. The van der Waals surface area contributed by atoms with Crippen LogP contribution >= 0.6 is 0 Å². The Morgan fingerprint density at radius 1 is 1.12 bits per heavy atom. The summed E-state index contributed by atoms with van der Waals surface area (Å²) in [5, 5.41) is 5.06. The summed E-state index contributed by atoms with van der Waals surface area (Å²) >= 11 is 0. The van der Waals surface area contributed by atoms with Gasteiger partial charge >= 0.3 is 0 Å². The van der Waals surface area contributed by atoms with Gasteiger partial charge in [0, 0.05) is 24.3 Å². The number of hydrazine groups is 1. The van der Waals surface area contributed by atoms with Crippen molar-refractivity contribution in [1.82, 2.24) is 10.7 Å². The molecule has 0 bridgehead atoms. The molecule has 0 aliphatic rings. The standard InChI is InChI=1S/C16H16N4O4/c1-10(21)18-12-6-4-11(5-7-12)15(22)19-14(16(23)20-17)9-13-3-2-8-24-13/h2-9H,17H2,1H3,(H,18,21)(H,19,22)(H,20,23). The van der Waals surface area contributed by atoms with Crippen molar-refractivity contribution in [2.45, 2.75) is 6.92 Å². The van der Waals surface area contributed by atoms with E-state index in [1.807, 2.05) is 5.43 Å². The molecule has 2 aromatic rings. The summed E-state index contributed by atoms with van der Waals surface area (Å²) in [6, 6.07) is 9.46. The minimum atomic E-state index is -0.672. The number of hydrogen-bond donors (Lipinski definition) is 4. The minimum absolute atomic E-state index is 0.0663. The SMILES string of the molecule is CC(=O)Nc1ccc(C(=O)NC(=Cc2ccco2)C(=O)NN)cc1. The lowest BCUT2D eigenvalue weighted by Crippen LogP contribution is -2.38. The largest absolute Gasteiger partial charge is 0.465 e. The molecule has 3 amide bonds. The Kier molecular flexibility index (Phi) is 5.48. The van der Waals surface area contributed by atoms with E-state index in [4.69, 9.17) is 10.3 Å². The summed E-state index contributed by atoms with van der Waals surface area (Å²) in [5.41, 5.74) is 2.75. The molecule has 5 N–H and O–H groups in total. The Morgan fingerprint density at radius 3 is 2.38 bits per heavy atom. The molecule has 0 aliphatic carbocycles. The van der Waals surface area contributed by atoms with E-state index in [2.05, 4.69) is 10.6 Å². The number of amides is 3. The van der Waals surface area contributed by atoms with Gasteiger partial charge in [-0.05, 0) is 36.4 Å². The van der Waals surface area contributed by atoms with E-state index in [0.29, 0.717) is 17.0 Å². The molecule has 2 rings (SSSR count). The second-order valence-corrected chi connectivity index (χ2v) is 4.76. The molecule has 1 aromatic heterocycles. The molecule has 0 atom stereocenters. The van der Waals surface area contributed by atoms with Crippen molar-refractivity contribution in [3.63, 3.8) is 0 Å². The maximum atomic E-state index is 12.2. The molecule has 0 aliphatic heterocycles. The fourth-order valence-electron chi connectivity index (χ4n) is 1.85. The van der Waals surface area contributed by atoms with Crippen LogP contribution in [0.25, 0.3) is 6.08 Å². The van der Waals surface area contributed by atoms with Gasteiger partial charge in [0.25, 0.3) is 11.8 Å². The summed E-state index contributed by atoms with van der Waals surface area (Å²) in [6.07, 6.45) is 2.79. The third-order valence-electron chi connectivity index (χ3n) is 2.92. The van der Waals surface area contributed by atoms with Crippen LogP contribution in [0, 0.1) is 0 Å². The van der Waals surface area contributed by atoms with Crippen molar-refractivity contribution >= 4 is 29.5 Å². The normalized spacial score (nSPS) is 10.8. The Bertz CT molecular complexity index is 764. The van der Waals surface area contributed by atoms with Crippen LogP contribution in [0.1, 0.15) is 23.0 Å². The predicted octanol–water partition coefficient (Wildman–Crippen LogP) is 0.999. The maximum Gasteiger partial charge on any atom is 0.281 e. The van der Waals surface area contributed by atoms with Crippen molar-refractivity contribution in [2.24, 2.45) is 5.84 Å². The maximum absolute atomic E-state index is 12.2. The van der Waals surface area contributed by atoms with Gasteiger partial charge < -0.3 is 15.1 Å². The van der Waals surface area contributed by atoms with Crippen LogP contribution in [-0.4, -0.2) is 17.7 Å². The monoisotopic (exact) mass is 328 g/mol. The van der Waals surface area contributed by atoms with Gasteiger partial charge in [-0.3, -0.25) is 19.8 Å². The zero-order chi connectivity index (χ0) is 17.5. The highest BCUT2D eigenvalue weighted by Gasteiger charge is 2.14. The number of hydrogen-bond acceptors (Lipinski definition) is 5. The van der Waals surface area contributed by atoms with E-state index in [0.717, 1.165) is 0 Å². The molecular formula is C16H16N4O4. The van der Waals surface area contributed by atoms with Crippen LogP contribution < -0.4 is 21.9 Å². The molecule has 0 radical (unpaired) electrons. The van der Waals surface area contributed by atoms with Gasteiger partial charge in [0.2, 0.25) is 5.91 Å². The number of benzene rings is 1. The number of carbonyl (C=O) groups excluding carboxylic acids is 3. The molecule has 8 heteroatoms. The minimum Gasteiger partial charge on any atom is -0.465 e. The molecule has 124 valence electrons. The first-order chi connectivity index (χ1) is 11.5. The predicted molar refractivity (Wildman–Crippen MR) is 87.2 cm³/mol. The number of rotatable bonds is 5. The molecule has 0 unspecified atom stereocenters. The van der Waals surface area contributed by atoms with Crippen molar-refractivity contribution in [3.05, 3.63) is 59.7 Å². The Morgan fingerprint density at radius 2 is 1.83 bits per heavy atom. The van der Waals surface area contributed by atoms with Gasteiger partial charge in [-0.1, -0.05) is 0 Å². The third kappa shape index (κ3) is 4.55. The average Bonchev–Trinajstić information content (AvgIpc) is 3.06. The quantitative estimate of drug-likeness (QED) is 0.282. The molecule has 0 saturated heterocycles. The average molecular weight is 328 g/mol. The van der Waals surface area contributed by atoms with Crippen LogP contribution in [0.15, 0.2) is 52.8 Å². The first kappa shape index (κ1) is 17.0. The van der Waals surface area contributed by atoms with E-state index < -0.39 is 11.8 Å². The lowest BCUT2D eigenvalue weighted by molar-refractivity contribution is -0.117. The smallest absolute Gasteiger partial charge is 0.281 e. The van der Waals surface area contributed by atoms with Crippen LogP contribution in [-0.2, 0) is 9.59 Å². The van der Waals surface area contributed by atoms with Crippen molar-refractivity contribution < 1.29 is 18.8 Å². The Hall–Kier alpha value is -3.39. The molecule has 0 saturated carbocycles. The molecule has 0 spiro atoms. The van der Waals surface area contributed by atoms with Crippen LogP contribution in [0.4, 0.5) is 5.69 Å². The van der Waals surface area contributed by atoms with E-state index in [1.165, 1.54) is 31.4 Å². The topological polar surface area (TPSA) is 126 Å². The van der Waals surface area contributed by atoms with Gasteiger partial charge in [0.05, 0.1) is 6.26 Å². The number of anilines is 1. The van der Waals surface area contributed by atoms with E-state index in [-0.39, 0.29) is 11.6 Å². The van der Waals surface area contributed by atoms with Crippen molar-refractivity contribution in [2.75, 3.05) is 5.32 Å². The van der Waals surface area contributed by atoms with Crippen LogP contribution in [0.5, 0.6) is 0 Å². The van der Waals surface area contributed by atoms with Gasteiger partial charge in [-0.2, -0.15) is 0 Å². The fraction of sp³-hybridized carbons (Fsp3) is 0.0625. The van der Waals surface area contributed by atoms with Gasteiger partial charge in [0.1, 0.15) is 11.5 Å². The number of carbonyl (C=O) groups is 3. The summed E-state index contributed by atoms with van der Waals surface area (Å²) in [6.45, 7) is 1.39. The van der Waals surface area contributed by atoms with Gasteiger partial charge in [0.15, 0.2) is 0 Å². The van der Waals surface area contributed by atoms with Gasteiger partial charge in [-0.25, -0.2) is 5.84 Å². The Labute approximate surface area is 137 Å². The molecule has 0 fully saturated rings. The van der Waals surface area contributed by atoms with Gasteiger partial charge in [-0.15, -0.1) is 0 Å². The molecule has 1 heterocycles. The number of nitrogens with one attached hydrogen (secondary N) is 3. The van der Waals surface area contributed by atoms with E-state index >= 15 is 0 Å². The lowest BCUT2D eigenvalue weighted by atomic mass is 10.2. The van der Waals surface area contributed by atoms with E-state index in [1.54, 1.807) is 24.3 Å². The van der Waals surface area contributed by atoms with E-state index in [9.17, 15) is 14.4 Å². The molecular weight excluding hydrogens is 312 g/mol. The molecule has 24 heavy (non-hydrogen) atoms. The fourth-order valence-corrected chi connectivity index (χ4v) is 1.85. The molecule has 8 nitrogen and oxygen atoms in total. The zero-order valence-electron chi connectivity index (χ0n) is 12.8. The lowest BCUT2D eigenvalue weighted by Gasteiger charge is -2.09.